The van der Waals surface area contributed by atoms with Gasteiger partial charge < -0.3 is 14.8 Å². The van der Waals surface area contributed by atoms with Gasteiger partial charge in [-0.3, -0.25) is 14.6 Å². The van der Waals surface area contributed by atoms with E-state index in [0.717, 1.165) is 58.8 Å². The Hall–Kier alpha value is -5.07. The monoisotopic (exact) mass is 614 g/mol. The Morgan fingerprint density at radius 3 is 2.51 bits per heavy atom. The van der Waals surface area contributed by atoms with Crippen molar-refractivity contribution in [2.75, 3.05) is 4.90 Å². The molecule has 0 atom stereocenters. The predicted molar refractivity (Wildman–Crippen MR) is 175 cm³/mol. The van der Waals surface area contributed by atoms with Crippen molar-refractivity contribution in [2.45, 2.75) is 51.7 Å². The van der Waals surface area contributed by atoms with Gasteiger partial charge in [-0.05, 0) is 72.5 Å². The minimum atomic E-state index is -0.129. The quantitative estimate of drug-likeness (QED) is 0.183. The van der Waals surface area contributed by atoms with Crippen LogP contribution in [0.5, 0.6) is 0 Å². The number of nitrogens with one attached hydrogen (secondary N) is 1. The molecule has 3 heterocycles. The molecule has 0 aliphatic heterocycles. The van der Waals surface area contributed by atoms with Gasteiger partial charge in [0.05, 0.1) is 47.3 Å². The maximum atomic E-state index is 14.0. The molecule has 8 nitrogen and oxygen atoms in total. The second-order valence-corrected chi connectivity index (χ2v) is 12.4. The number of pyridine rings is 1. The van der Waals surface area contributed by atoms with Crippen molar-refractivity contribution < 1.29 is 9.59 Å². The third-order valence-corrected chi connectivity index (χ3v) is 9.36. The van der Waals surface area contributed by atoms with Gasteiger partial charge in [-0.25, -0.2) is 4.98 Å². The highest BCUT2D eigenvalue weighted by Gasteiger charge is 2.28. The van der Waals surface area contributed by atoms with E-state index in [0.29, 0.717) is 30.1 Å². The molecule has 0 saturated heterocycles. The number of carbonyl (C=O) groups excluding carboxylic acids is 2. The van der Waals surface area contributed by atoms with Crippen molar-refractivity contribution in [2.24, 2.45) is 5.92 Å². The summed E-state index contributed by atoms with van der Waals surface area (Å²) in [6.45, 7) is 1.38. The molecule has 45 heavy (non-hydrogen) atoms. The lowest BCUT2D eigenvalue weighted by Gasteiger charge is -2.30. The molecule has 1 saturated carbocycles. The second-order valence-electron chi connectivity index (χ2n) is 11.3. The number of rotatable bonds is 10. The van der Waals surface area contributed by atoms with E-state index in [1.165, 1.54) is 17.8 Å². The van der Waals surface area contributed by atoms with Gasteiger partial charge in [-0.15, -0.1) is 11.3 Å². The van der Waals surface area contributed by atoms with Crippen LogP contribution in [0, 0.1) is 17.2 Å². The zero-order valence-corrected chi connectivity index (χ0v) is 25.7. The molecule has 2 aromatic carbocycles. The number of nitriles is 1. The fourth-order valence-electron chi connectivity index (χ4n) is 5.71. The van der Waals surface area contributed by atoms with Gasteiger partial charge in [0.1, 0.15) is 0 Å². The molecule has 0 radical (unpaired) electrons. The molecule has 3 aromatic heterocycles. The highest BCUT2D eigenvalue weighted by Crippen LogP contribution is 2.32. The zero-order chi connectivity index (χ0) is 31.0. The molecule has 1 fully saturated rings. The van der Waals surface area contributed by atoms with E-state index in [2.05, 4.69) is 25.9 Å². The Morgan fingerprint density at radius 1 is 0.978 bits per heavy atom. The summed E-state index contributed by atoms with van der Waals surface area (Å²) in [7, 11) is 0. The Balaban J connectivity index is 1.19. The molecular formula is C36H34N6O2S. The maximum absolute atomic E-state index is 14.0. The summed E-state index contributed by atoms with van der Waals surface area (Å²) in [6, 6.07) is 27.2. The van der Waals surface area contributed by atoms with E-state index in [4.69, 9.17) is 5.26 Å². The number of thiophene rings is 1. The van der Waals surface area contributed by atoms with Gasteiger partial charge in [-0.1, -0.05) is 49.6 Å². The molecule has 0 bridgehead atoms. The van der Waals surface area contributed by atoms with Crippen molar-refractivity contribution >= 4 is 28.8 Å². The average Bonchev–Trinajstić information content (AvgIpc) is 3.77. The SMILES string of the molecule is N#Cc1ccc(Cn2cncc2CN(C(=O)C2CCCCC2)c2ccc(-c3ccc(C(=O)NCc4ccccn4)s3)cc2)cc1. The number of amides is 2. The van der Waals surface area contributed by atoms with E-state index in [-0.39, 0.29) is 17.7 Å². The zero-order valence-electron chi connectivity index (χ0n) is 24.9. The topological polar surface area (TPSA) is 104 Å². The van der Waals surface area contributed by atoms with Crippen LogP contribution >= 0.6 is 11.3 Å². The minimum absolute atomic E-state index is 0.0118. The molecule has 2 amide bonds. The van der Waals surface area contributed by atoms with Gasteiger partial charge in [0, 0.05) is 35.4 Å². The number of aromatic nitrogens is 3. The van der Waals surface area contributed by atoms with E-state index in [1.54, 1.807) is 12.5 Å². The van der Waals surface area contributed by atoms with E-state index in [9.17, 15) is 9.59 Å². The first-order valence-corrected chi connectivity index (χ1v) is 16.1. The number of hydrogen-bond donors (Lipinski definition) is 1. The number of benzene rings is 2. The summed E-state index contributed by atoms with van der Waals surface area (Å²) in [4.78, 5) is 38.9. The Bertz CT molecular complexity index is 1780. The van der Waals surface area contributed by atoms with Crippen LogP contribution in [-0.4, -0.2) is 26.3 Å². The Kier molecular flexibility index (Phi) is 9.42. The van der Waals surface area contributed by atoms with E-state index >= 15 is 0 Å². The number of nitrogens with zero attached hydrogens (tertiary/aromatic N) is 5. The molecule has 6 rings (SSSR count). The number of imidazole rings is 1. The van der Waals surface area contributed by atoms with Crippen molar-refractivity contribution in [3.8, 4) is 16.5 Å². The van der Waals surface area contributed by atoms with Crippen LogP contribution in [-0.2, 0) is 24.4 Å². The lowest BCUT2D eigenvalue weighted by atomic mass is 9.88. The predicted octanol–water partition coefficient (Wildman–Crippen LogP) is 6.97. The van der Waals surface area contributed by atoms with Crippen LogP contribution in [0.4, 0.5) is 5.69 Å². The molecule has 5 aromatic rings. The lowest BCUT2D eigenvalue weighted by molar-refractivity contribution is -0.123. The summed E-state index contributed by atoms with van der Waals surface area (Å²) in [5.74, 6) is 0.0322. The summed E-state index contributed by atoms with van der Waals surface area (Å²) in [5, 5.41) is 12.1. The van der Waals surface area contributed by atoms with Crippen molar-refractivity contribution in [3.05, 3.63) is 125 Å². The summed E-state index contributed by atoms with van der Waals surface area (Å²) < 4.78 is 2.06. The molecule has 1 aliphatic carbocycles. The average molecular weight is 615 g/mol. The van der Waals surface area contributed by atoms with Crippen molar-refractivity contribution in [3.63, 3.8) is 0 Å². The Morgan fingerprint density at radius 2 is 1.78 bits per heavy atom. The van der Waals surface area contributed by atoms with Crippen molar-refractivity contribution in [1.82, 2.24) is 19.9 Å². The molecule has 1 aliphatic rings. The van der Waals surface area contributed by atoms with Crippen LogP contribution in [0.25, 0.3) is 10.4 Å². The van der Waals surface area contributed by atoms with Crippen LogP contribution in [0.2, 0.25) is 0 Å². The number of carbonyl (C=O) groups is 2. The second kappa shape index (κ2) is 14.1. The summed E-state index contributed by atoms with van der Waals surface area (Å²) >= 11 is 1.44. The van der Waals surface area contributed by atoms with E-state index in [1.807, 2.05) is 90.0 Å². The van der Waals surface area contributed by atoms with Crippen molar-refractivity contribution in [1.29, 1.82) is 5.26 Å². The van der Waals surface area contributed by atoms with E-state index < -0.39 is 0 Å². The van der Waals surface area contributed by atoms with Crippen LogP contribution in [0.15, 0.2) is 97.6 Å². The first-order chi connectivity index (χ1) is 22.1. The highest BCUT2D eigenvalue weighted by molar-refractivity contribution is 7.17. The standard InChI is InChI=1S/C36H34N6O2S/c37-20-26-9-11-27(12-10-26)23-41-25-38-22-32(41)24-42(36(44)29-6-2-1-3-7-29)31-15-13-28(14-16-31)33-17-18-34(45-33)35(43)40-21-30-8-4-5-19-39-30/h4-5,8-19,22,25,29H,1-3,6-7,21,23-24H2,(H,40,43). The molecule has 9 heteroatoms. The largest absolute Gasteiger partial charge is 0.346 e. The maximum Gasteiger partial charge on any atom is 0.261 e. The minimum Gasteiger partial charge on any atom is -0.346 e. The smallest absolute Gasteiger partial charge is 0.261 e. The third kappa shape index (κ3) is 7.36. The number of hydrogen-bond acceptors (Lipinski definition) is 6. The summed E-state index contributed by atoms with van der Waals surface area (Å²) in [6.07, 6.45) is 10.5. The van der Waals surface area contributed by atoms with Crippen LogP contribution in [0.3, 0.4) is 0 Å². The molecule has 226 valence electrons. The molecule has 0 unspecified atom stereocenters. The van der Waals surface area contributed by atoms with Gasteiger partial charge in [0.25, 0.3) is 5.91 Å². The normalized spacial score (nSPS) is 13.2. The fourth-order valence-corrected chi connectivity index (χ4v) is 6.64. The van der Waals surface area contributed by atoms with Gasteiger partial charge >= 0.3 is 0 Å². The molecule has 0 spiro atoms. The first kappa shape index (κ1) is 30.0. The highest BCUT2D eigenvalue weighted by atomic mass is 32.1. The van der Waals surface area contributed by atoms with Gasteiger partial charge in [0.15, 0.2) is 0 Å². The third-order valence-electron chi connectivity index (χ3n) is 8.22. The lowest BCUT2D eigenvalue weighted by Crippen LogP contribution is -2.37. The number of anilines is 1. The Labute approximate surface area is 267 Å². The first-order valence-electron chi connectivity index (χ1n) is 15.2. The van der Waals surface area contributed by atoms with Gasteiger partial charge in [-0.2, -0.15) is 5.26 Å². The van der Waals surface area contributed by atoms with Crippen LogP contribution < -0.4 is 10.2 Å². The summed E-state index contributed by atoms with van der Waals surface area (Å²) in [5.41, 5.74) is 5.26. The fraction of sp³-hybridized carbons (Fsp3) is 0.250. The molecule has 1 N–H and O–H groups in total. The van der Waals surface area contributed by atoms with Crippen LogP contribution in [0.1, 0.15) is 64.3 Å². The molecular weight excluding hydrogens is 581 g/mol. The van der Waals surface area contributed by atoms with Gasteiger partial charge in [0.2, 0.25) is 5.91 Å².